The predicted octanol–water partition coefficient (Wildman–Crippen LogP) is 1.39. The monoisotopic (exact) mass is 285 g/mol. The first kappa shape index (κ1) is 14.4. The summed E-state index contributed by atoms with van der Waals surface area (Å²) in [5.74, 6) is -0.345. The molecule has 0 bridgehead atoms. The first-order chi connectivity index (χ1) is 10.0. The lowest BCUT2D eigenvalue weighted by Gasteiger charge is -2.08. The van der Waals surface area contributed by atoms with Crippen LogP contribution in [0.15, 0.2) is 48.5 Å². The summed E-state index contributed by atoms with van der Waals surface area (Å²) >= 11 is 0. The average Bonchev–Trinajstić information content (AvgIpc) is 2.47. The Morgan fingerprint density at radius 1 is 1.10 bits per heavy atom. The Balaban J connectivity index is 1.91. The number of carbonyl (C=O) groups excluding carboxylic acids is 2. The number of amides is 2. The number of nitrogen functional groups attached to an aromatic ring is 1. The van der Waals surface area contributed by atoms with Crippen molar-refractivity contribution in [2.75, 3.05) is 17.7 Å². The Morgan fingerprint density at radius 3 is 2.48 bits per heavy atom. The molecule has 0 aliphatic rings. The van der Waals surface area contributed by atoms with Crippen LogP contribution in [0.3, 0.4) is 0 Å². The van der Waals surface area contributed by atoms with E-state index in [9.17, 15) is 9.59 Å². The van der Waals surface area contributed by atoms with Crippen LogP contribution >= 0.6 is 0 Å². The number of nitrogens with two attached hydrogens (primary N) is 2. The summed E-state index contributed by atoms with van der Waals surface area (Å²) in [4.78, 5) is 22.8. The molecule has 108 valence electrons. The van der Waals surface area contributed by atoms with Gasteiger partial charge in [0.25, 0.3) is 5.91 Å². The number of carbonyl (C=O) groups is 2. The van der Waals surface area contributed by atoms with Crippen LogP contribution in [-0.4, -0.2) is 18.4 Å². The van der Waals surface area contributed by atoms with E-state index in [1.54, 1.807) is 42.5 Å². The lowest BCUT2D eigenvalue weighted by Crippen LogP contribution is -2.20. The van der Waals surface area contributed by atoms with Crippen LogP contribution in [-0.2, 0) is 4.79 Å². The smallest absolute Gasteiger partial charge is 0.262 e. The molecule has 2 aromatic rings. The van der Waals surface area contributed by atoms with E-state index in [4.69, 9.17) is 16.2 Å². The molecule has 6 heteroatoms. The topological polar surface area (TPSA) is 107 Å². The SMILES string of the molecule is NC(=O)c1cccc(NC(=O)COc2ccc(N)cc2)c1. The molecule has 0 aliphatic heterocycles. The Morgan fingerprint density at radius 2 is 1.81 bits per heavy atom. The molecule has 0 saturated carbocycles. The maximum Gasteiger partial charge on any atom is 0.262 e. The van der Waals surface area contributed by atoms with Crippen molar-refractivity contribution in [3.63, 3.8) is 0 Å². The van der Waals surface area contributed by atoms with Gasteiger partial charge in [-0.15, -0.1) is 0 Å². The molecule has 0 aromatic heterocycles. The van der Waals surface area contributed by atoms with Crippen molar-refractivity contribution in [3.8, 4) is 5.75 Å². The van der Waals surface area contributed by atoms with Gasteiger partial charge in [0, 0.05) is 16.9 Å². The molecular formula is C15H15N3O3. The minimum absolute atomic E-state index is 0.148. The fourth-order valence-electron chi connectivity index (χ4n) is 1.66. The van der Waals surface area contributed by atoms with Gasteiger partial charge in [0.1, 0.15) is 5.75 Å². The van der Waals surface area contributed by atoms with Gasteiger partial charge in [-0.05, 0) is 42.5 Å². The third kappa shape index (κ3) is 4.24. The molecule has 6 nitrogen and oxygen atoms in total. The predicted molar refractivity (Wildman–Crippen MR) is 79.9 cm³/mol. The van der Waals surface area contributed by atoms with E-state index in [-0.39, 0.29) is 12.5 Å². The second-order valence-corrected chi connectivity index (χ2v) is 4.35. The van der Waals surface area contributed by atoms with Gasteiger partial charge in [0.15, 0.2) is 6.61 Å². The lowest BCUT2D eigenvalue weighted by molar-refractivity contribution is -0.118. The zero-order chi connectivity index (χ0) is 15.2. The van der Waals surface area contributed by atoms with Crippen molar-refractivity contribution in [2.24, 2.45) is 5.73 Å². The largest absolute Gasteiger partial charge is 0.484 e. The van der Waals surface area contributed by atoms with E-state index in [2.05, 4.69) is 5.32 Å². The number of ether oxygens (including phenoxy) is 1. The minimum Gasteiger partial charge on any atom is -0.484 e. The molecule has 2 aromatic carbocycles. The van der Waals surface area contributed by atoms with E-state index in [0.29, 0.717) is 22.7 Å². The summed E-state index contributed by atoms with van der Waals surface area (Å²) < 4.78 is 5.31. The number of hydrogen-bond donors (Lipinski definition) is 3. The number of nitrogens with one attached hydrogen (secondary N) is 1. The summed E-state index contributed by atoms with van der Waals surface area (Å²) in [5, 5.41) is 2.62. The van der Waals surface area contributed by atoms with Gasteiger partial charge in [0.2, 0.25) is 5.91 Å². The summed E-state index contributed by atoms with van der Waals surface area (Å²) in [5.41, 5.74) is 12.2. The Kier molecular flexibility index (Phi) is 4.40. The van der Waals surface area contributed by atoms with Crippen molar-refractivity contribution in [3.05, 3.63) is 54.1 Å². The fourth-order valence-corrected chi connectivity index (χ4v) is 1.66. The zero-order valence-corrected chi connectivity index (χ0v) is 11.2. The normalized spacial score (nSPS) is 9.90. The summed E-state index contributed by atoms with van der Waals surface area (Å²) in [6.07, 6.45) is 0. The standard InChI is InChI=1S/C15H15N3O3/c16-11-4-6-13(7-5-11)21-9-14(19)18-12-3-1-2-10(8-12)15(17)20/h1-8H,9,16H2,(H2,17,20)(H,18,19). The Hall–Kier alpha value is -3.02. The molecule has 2 rings (SSSR count). The van der Waals surface area contributed by atoms with Crippen molar-refractivity contribution in [1.29, 1.82) is 0 Å². The van der Waals surface area contributed by atoms with Gasteiger partial charge in [-0.3, -0.25) is 9.59 Å². The van der Waals surface area contributed by atoms with Crippen LogP contribution in [0.2, 0.25) is 0 Å². The number of anilines is 2. The third-order valence-electron chi connectivity index (χ3n) is 2.68. The summed E-state index contributed by atoms with van der Waals surface area (Å²) in [6.45, 7) is -0.148. The maximum atomic E-state index is 11.8. The fraction of sp³-hybridized carbons (Fsp3) is 0.0667. The maximum absolute atomic E-state index is 11.8. The van der Waals surface area contributed by atoms with Gasteiger partial charge in [-0.25, -0.2) is 0 Å². The van der Waals surface area contributed by atoms with Gasteiger partial charge in [0.05, 0.1) is 0 Å². The van der Waals surface area contributed by atoms with E-state index >= 15 is 0 Å². The van der Waals surface area contributed by atoms with Crippen molar-refractivity contribution in [2.45, 2.75) is 0 Å². The Bertz CT molecular complexity index is 653. The molecule has 0 fully saturated rings. The zero-order valence-electron chi connectivity index (χ0n) is 11.2. The van der Waals surface area contributed by atoms with Gasteiger partial charge in [-0.2, -0.15) is 0 Å². The van der Waals surface area contributed by atoms with Crippen LogP contribution in [0.4, 0.5) is 11.4 Å². The first-order valence-electron chi connectivity index (χ1n) is 6.22. The highest BCUT2D eigenvalue weighted by Gasteiger charge is 2.06. The van der Waals surface area contributed by atoms with E-state index < -0.39 is 5.91 Å². The van der Waals surface area contributed by atoms with Crippen LogP contribution in [0.5, 0.6) is 5.75 Å². The van der Waals surface area contributed by atoms with Gasteiger partial charge >= 0.3 is 0 Å². The second kappa shape index (κ2) is 6.42. The van der Waals surface area contributed by atoms with Crippen LogP contribution in [0, 0.1) is 0 Å². The molecule has 0 radical (unpaired) electrons. The van der Waals surface area contributed by atoms with Crippen molar-refractivity contribution in [1.82, 2.24) is 0 Å². The van der Waals surface area contributed by atoms with E-state index in [0.717, 1.165) is 0 Å². The molecule has 0 unspecified atom stereocenters. The molecule has 5 N–H and O–H groups in total. The number of hydrogen-bond acceptors (Lipinski definition) is 4. The quantitative estimate of drug-likeness (QED) is 0.721. The molecule has 21 heavy (non-hydrogen) atoms. The van der Waals surface area contributed by atoms with Crippen molar-refractivity contribution < 1.29 is 14.3 Å². The third-order valence-corrected chi connectivity index (χ3v) is 2.68. The van der Waals surface area contributed by atoms with E-state index in [1.165, 1.54) is 6.07 Å². The molecule has 0 saturated heterocycles. The van der Waals surface area contributed by atoms with Crippen LogP contribution in [0.1, 0.15) is 10.4 Å². The Labute approximate surface area is 121 Å². The first-order valence-corrected chi connectivity index (χ1v) is 6.22. The van der Waals surface area contributed by atoms with Crippen molar-refractivity contribution >= 4 is 23.2 Å². The molecule has 0 spiro atoms. The second-order valence-electron chi connectivity index (χ2n) is 4.35. The minimum atomic E-state index is -0.552. The van der Waals surface area contributed by atoms with Crippen LogP contribution < -0.4 is 21.5 Å². The molecule has 0 aliphatic carbocycles. The van der Waals surface area contributed by atoms with Gasteiger partial charge in [-0.1, -0.05) is 6.07 Å². The summed E-state index contributed by atoms with van der Waals surface area (Å²) in [6, 6.07) is 13.1. The molecule has 0 heterocycles. The molecule has 2 amide bonds. The lowest BCUT2D eigenvalue weighted by atomic mass is 10.2. The highest BCUT2D eigenvalue weighted by Crippen LogP contribution is 2.13. The molecule has 0 atom stereocenters. The van der Waals surface area contributed by atoms with E-state index in [1.807, 2.05) is 0 Å². The number of benzene rings is 2. The summed E-state index contributed by atoms with van der Waals surface area (Å²) in [7, 11) is 0. The molecular weight excluding hydrogens is 270 g/mol. The highest BCUT2D eigenvalue weighted by molar-refractivity contribution is 5.96. The number of primary amides is 1. The van der Waals surface area contributed by atoms with Crippen LogP contribution in [0.25, 0.3) is 0 Å². The average molecular weight is 285 g/mol. The number of rotatable bonds is 5. The van der Waals surface area contributed by atoms with Gasteiger partial charge < -0.3 is 21.5 Å². The highest BCUT2D eigenvalue weighted by atomic mass is 16.5.